The average Bonchev–Trinajstić information content (AvgIpc) is 2.51. The first-order chi connectivity index (χ1) is 10.5. The van der Waals surface area contributed by atoms with Gasteiger partial charge in [0.2, 0.25) is 0 Å². The second-order valence-corrected chi connectivity index (χ2v) is 4.92. The number of halogens is 1. The number of hydrogen-bond donors (Lipinski definition) is 0. The topological polar surface area (TPSA) is 94.2 Å². The maximum absolute atomic E-state index is 12.0. The number of rotatable bonds is 4. The average molecular weight is 364 g/mol. The Morgan fingerprint density at radius 2 is 2.09 bits per heavy atom. The minimum Gasteiger partial charge on any atom is -0.454 e. The molecule has 1 heterocycles. The molecular weight excluding hydrogens is 354 g/mol. The fraction of sp³-hybridized carbons (Fsp3) is 0.143. The summed E-state index contributed by atoms with van der Waals surface area (Å²) < 4.78 is 11.4. The van der Waals surface area contributed by atoms with Gasteiger partial charge in [0.25, 0.3) is 5.56 Å². The molecule has 0 bridgehead atoms. The Kier molecular flexibility index (Phi) is 4.91. The van der Waals surface area contributed by atoms with Gasteiger partial charge in [0.15, 0.2) is 12.5 Å². The van der Waals surface area contributed by atoms with Crippen molar-refractivity contribution in [2.24, 2.45) is 0 Å². The Morgan fingerprint density at radius 1 is 1.41 bits per heavy atom. The number of hydrogen-bond acceptors (Lipinski definition) is 6. The Labute approximate surface area is 133 Å². The van der Waals surface area contributed by atoms with Crippen molar-refractivity contribution in [3.8, 4) is 17.6 Å². The molecular formula is C14H10BrN3O4. The third kappa shape index (κ3) is 3.71. The first-order valence-corrected chi connectivity index (χ1v) is 6.87. The number of ether oxygens (including phenoxy) is 2. The third-order valence-corrected chi connectivity index (χ3v) is 3.28. The number of benzene rings is 1. The molecule has 112 valence electrons. The van der Waals surface area contributed by atoms with Crippen molar-refractivity contribution in [3.05, 3.63) is 50.9 Å². The molecule has 0 atom stereocenters. The van der Waals surface area contributed by atoms with Gasteiger partial charge in [-0.1, -0.05) is 0 Å². The highest BCUT2D eigenvalue weighted by Crippen LogP contribution is 2.26. The second-order valence-electron chi connectivity index (χ2n) is 4.13. The minimum absolute atomic E-state index is 0.152. The largest absolute Gasteiger partial charge is 0.454 e. The SMILES string of the molecule is CC(=O)OCn1ncc(Oc2ccc(C#N)cc2)c(Br)c1=O. The Bertz CT molecular complexity index is 793. The van der Waals surface area contributed by atoms with E-state index in [1.165, 1.54) is 13.1 Å². The standard InChI is InChI=1S/C14H10BrN3O4/c1-9(19)21-8-18-14(20)13(15)12(7-17-18)22-11-4-2-10(6-16)3-5-11/h2-5,7H,8H2,1H3. The van der Waals surface area contributed by atoms with Crippen LogP contribution in [-0.4, -0.2) is 15.7 Å². The molecule has 1 aromatic carbocycles. The lowest BCUT2D eigenvalue weighted by molar-refractivity contribution is -0.145. The summed E-state index contributed by atoms with van der Waals surface area (Å²) >= 11 is 3.13. The first kappa shape index (κ1) is 15.7. The van der Waals surface area contributed by atoms with Crippen LogP contribution in [-0.2, 0) is 16.3 Å². The smallest absolute Gasteiger partial charge is 0.304 e. The van der Waals surface area contributed by atoms with Gasteiger partial charge < -0.3 is 9.47 Å². The van der Waals surface area contributed by atoms with Crippen LogP contribution >= 0.6 is 15.9 Å². The van der Waals surface area contributed by atoms with Crippen molar-refractivity contribution in [3.63, 3.8) is 0 Å². The number of nitrogens with zero attached hydrogens (tertiary/aromatic N) is 3. The molecule has 0 saturated carbocycles. The molecule has 0 spiro atoms. The highest BCUT2D eigenvalue weighted by atomic mass is 79.9. The van der Waals surface area contributed by atoms with Gasteiger partial charge >= 0.3 is 5.97 Å². The molecule has 7 nitrogen and oxygen atoms in total. The normalized spacial score (nSPS) is 9.86. The lowest BCUT2D eigenvalue weighted by Gasteiger charge is -2.09. The highest BCUT2D eigenvalue weighted by Gasteiger charge is 2.11. The first-order valence-electron chi connectivity index (χ1n) is 6.08. The van der Waals surface area contributed by atoms with Crippen LogP contribution in [0.15, 0.2) is 39.7 Å². The van der Waals surface area contributed by atoms with E-state index in [1.807, 2.05) is 6.07 Å². The van der Waals surface area contributed by atoms with Gasteiger partial charge in [-0.05, 0) is 40.2 Å². The van der Waals surface area contributed by atoms with Crippen molar-refractivity contribution in [2.45, 2.75) is 13.7 Å². The van der Waals surface area contributed by atoms with Crippen LogP contribution < -0.4 is 10.3 Å². The second kappa shape index (κ2) is 6.87. The number of esters is 1. The van der Waals surface area contributed by atoms with Crippen molar-refractivity contribution < 1.29 is 14.3 Å². The zero-order valence-electron chi connectivity index (χ0n) is 11.4. The molecule has 0 saturated heterocycles. The fourth-order valence-corrected chi connectivity index (χ4v) is 1.88. The molecule has 0 aliphatic heterocycles. The number of carbonyl (C=O) groups excluding carboxylic acids is 1. The molecule has 0 N–H and O–H groups in total. The molecule has 0 radical (unpaired) electrons. The summed E-state index contributed by atoms with van der Waals surface area (Å²) in [5.74, 6) is 0.162. The van der Waals surface area contributed by atoms with Gasteiger partial charge in [-0.15, -0.1) is 0 Å². The zero-order chi connectivity index (χ0) is 16.1. The molecule has 8 heteroatoms. The van der Waals surface area contributed by atoms with Gasteiger partial charge in [-0.3, -0.25) is 9.59 Å². The van der Waals surface area contributed by atoms with Crippen LogP contribution in [0.2, 0.25) is 0 Å². The van der Waals surface area contributed by atoms with Gasteiger partial charge in [-0.25, -0.2) is 0 Å². The third-order valence-electron chi connectivity index (χ3n) is 2.55. The Balaban J connectivity index is 2.21. The van der Waals surface area contributed by atoms with Crippen LogP contribution in [0.3, 0.4) is 0 Å². The monoisotopic (exact) mass is 363 g/mol. The lowest BCUT2D eigenvalue weighted by Crippen LogP contribution is -2.25. The van der Waals surface area contributed by atoms with Crippen LogP contribution in [0, 0.1) is 11.3 Å². The summed E-state index contributed by atoms with van der Waals surface area (Å²) in [5, 5.41) is 12.6. The summed E-state index contributed by atoms with van der Waals surface area (Å²) in [5.41, 5.74) is 0.00809. The summed E-state index contributed by atoms with van der Waals surface area (Å²) in [6, 6.07) is 8.40. The van der Waals surface area contributed by atoms with Crippen LogP contribution in [0.5, 0.6) is 11.5 Å². The number of nitriles is 1. The molecule has 22 heavy (non-hydrogen) atoms. The van der Waals surface area contributed by atoms with Crippen molar-refractivity contribution in [2.75, 3.05) is 0 Å². The maximum atomic E-state index is 12.0. The number of aromatic nitrogens is 2. The van der Waals surface area contributed by atoms with Crippen LogP contribution in [0.1, 0.15) is 12.5 Å². The molecule has 0 aliphatic carbocycles. The highest BCUT2D eigenvalue weighted by molar-refractivity contribution is 9.10. The quantitative estimate of drug-likeness (QED) is 0.772. The minimum atomic E-state index is -0.511. The van der Waals surface area contributed by atoms with E-state index in [-0.39, 0.29) is 17.0 Å². The predicted molar refractivity (Wildman–Crippen MR) is 79.2 cm³/mol. The van der Waals surface area contributed by atoms with E-state index in [4.69, 9.17) is 14.7 Å². The maximum Gasteiger partial charge on any atom is 0.304 e. The zero-order valence-corrected chi connectivity index (χ0v) is 13.0. The van der Waals surface area contributed by atoms with Gasteiger partial charge in [0.05, 0.1) is 17.8 Å². The molecule has 0 unspecified atom stereocenters. The van der Waals surface area contributed by atoms with Gasteiger partial charge in [-0.2, -0.15) is 15.0 Å². The van der Waals surface area contributed by atoms with E-state index in [1.54, 1.807) is 24.3 Å². The van der Waals surface area contributed by atoms with Gasteiger partial charge in [0.1, 0.15) is 10.2 Å². The molecule has 2 aromatic rings. The van der Waals surface area contributed by atoms with E-state index in [2.05, 4.69) is 21.0 Å². The molecule has 0 aliphatic rings. The van der Waals surface area contributed by atoms with Crippen molar-refractivity contribution >= 4 is 21.9 Å². The number of carbonyl (C=O) groups is 1. The predicted octanol–water partition coefficient (Wildman–Crippen LogP) is 2.19. The molecule has 2 rings (SSSR count). The molecule has 1 aromatic heterocycles. The summed E-state index contributed by atoms with van der Waals surface area (Å²) in [6.07, 6.45) is 1.33. The van der Waals surface area contributed by atoms with Crippen LogP contribution in [0.4, 0.5) is 0 Å². The summed E-state index contributed by atoms with van der Waals surface area (Å²) in [6.45, 7) is 0.965. The summed E-state index contributed by atoms with van der Waals surface area (Å²) in [7, 11) is 0. The molecule has 0 amide bonds. The van der Waals surface area contributed by atoms with E-state index in [9.17, 15) is 9.59 Å². The van der Waals surface area contributed by atoms with Gasteiger partial charge in [0, 0.05) is 6.92 Å². The van der Waals surface area contributed by atoms with Crippen LogP contribution in [0.25, 0.3) is 0 Å². The van der Waals surface area contributed by atoms with E-state index in [0.29, 0.717) is 11.3 Å². The van der Waals surface area contributed by atoms with E-state index >= 15 is 0 Å². The lowest BCUT2D eigenvalue weighted by atomic mass is 10.2. The van der Waals surface area contributed by atoms with Crippen molar-refractivity contribution in [1.29, 1.82) is 5.26 Å². The van der Waals surface area contributed by atoms with E-state index in [0.717, 1.165) is 4.68 Å². The fourth-order valence-electron chi connectivity index (χ4n) is 1.49. The molecule has 0 fully saturated rings. The van der Waals surface area contributed by atoms with E-state index < -0.39 is 11.5 Å². The van der Waals surface area contributed by atoms with Crippen molar-refractivity contribution in [1.82, 2.24) is 9.78 Å². The Hall–Kier alpha value is -2.66. The Morgan fingerprint density at radius 3 is 2.68 bits per heavy atom. The summed E-state index contributed by atoms with van der Waals surface area (Å²) in [4.78, 5) is 22.8.